The monoisotopic (exact) mass is 468 g/mol. The van der Waals surface area contributed by atoms with E-state index in [-0.39, 0.29) is 18.6 Å². The van der Waals surface area contributed by atoms with Crippen molar-refractivity contribution in [2.45, 2.75) is 50.4 Å². The van der Waals surface area contributed by atoms with E-state index >= 15 is 0 Å². The lowest BCUT2D eigenvalue weighted by Crippen LogP contribution is -2.54. The summed E-state index contributed by atoms with van der Waals surface area (Å²) in [6.07, 6.45) is -2.12. The molecule has 1 rings (SSSR count). The number of carbonyl (C=O) groups is 5. The van der Waals surface area contributed by atoms with Gasteiger partial charge < -0.3 is 42.1 Å². The van der Waals surface area contributed by atoms with Crippen molar-refractivity contribution in [1.29, 1.82) is 0 Å². The summed E-state index contributed by atoms with van der Waals surface area (Å²) in [5, 5.41) is 43.6. The summed E-state index contributed by atoms with van der Waals surface area (Å²) < 4.78 is 0. The van der Waals surface area contributed by atoms with Crippen molar-refractivity contribution in [3.05, 3.63) is 29.8 Å². The maximum atomic E-state index is 12.6. The molecule has 0 heterocycles. The van der Waals surface area contributed by atoms with Crippen LogP contribution in [0.2, 0.25) is 0 Å². The highest BCUT2D eigenvalue weighted by Gasteiger charge is 2.28. The lowest BCUT2D eigenvalue weighted by Gasteiger charge is -2.21. The van der Waals surface area contributed by atoms with Crippen molar-refractivity contribution >= 4 is 29.7 Å². The van der Waals surface area contributed by atoms with Gasteiger partial charge in [-0.25, -0.2) is 4.79 Å². The first-order valence-corrected chi connectivity index (χ1v) is 9.94. The number of benzene rings is 1. The van der Waals surface area contributed by atoms with Crippen molar-refractivity contribution < 1.29 is 44.4 Å². The highest BCUT2D eigenvalue weighted by Crippen LogP contribution is 2.12. The number of carboxylic acid groups (broad SMARTS) is 2. The Kier molecular flexibility index (Phi) is 10.7. The van der Waals surface area contributed by atoms with Crippen LogP contribution in [-0.2, 0) is 30.4 Å². The van der Waals surface area contributed by atoms with E-state index in [4.69, 9.17) is 10.8 Å². The van der Waals surface area contributed by atoms with Crippen molar-refractivity contribution in [2.24, 2.45) is 5.73 Å². The summed E-state index contributed by atoms with van der Waals surface area (Å²) in [5.41, 5.74) is 5.94. The van der Waals surface area contributed by atoms with Crippen LogP contribution in [0.15, 0.2) is 24.3 Å². The number of carboxylic acids is 2. The fourth-order valence-corrected chi connectivity index (χ4v) is 2.63. The van der Waals surface area contributed by atoms with Gasteiger partial charge in [-0.3, -0.25) is 19.2 Å². The molecular weight excluding hydrogens is 440 g/mol. The van der Waals surface area contributed by atoms with Crippen LogP contribution < -0.4 is 21.7 Å². The largest absolute Gasteiger partial charge is 0.508 e. The van der Waals surface area contributed by atoms with Gasteiger partial charge in [-0.15, -0.1) is 0 Å². The predicted molar refractivity (Wildman–Crippen MR) is 113 cm³/mol. The molecule has 0 fully saturated rings. The summed E-state index contributed by atoms with van der Waals surface area (Å²) in [4.78, 5) is 59.0. The molecule has 3 amide bonds. The number of phenolic OH excluding ortho intramolecular Hbond substituents is 1. The van der Waals surface area contributed by atoms with Gasteiger partial charge in [-0.1, -0.05) is 12.1 Å². The zero-order chi connectivity index (χ0) is 25.1. The topological polar surface area (TPSA) is 228 Å². The standard InChI is InChI=1S/C20H28N4O9/c1-10(25)17(21)19(31)22-9-15(27)23-13(6-7-16(28)29)18(30)24-14(20(32)33)8-11-2-4-12(26)5-3-11/h2-5,10,13-14,17,25-26H,6-9,21H2,1H3,(H,22,31)(H,23,27)(H,24,30)(H,28,29)(H,32,33). The van der Waals surface area contributed by atoms with Crippen LogP contribution in [0.3, 0.4) is 0 Å². The Morgan fingerprint density at radius 2 is 1.58 bits per heavy atom. The zero-order valence-electron chi connectivity index (χ0n) is 17.9. The van der Waals surface area contributed by atoms with Gasteiger partial charge in [-0.05, 0) is 31.0 Å². The lowest BCUT2D eigenvalue weighted by atomic mass is 10.0. The highest BCUT2D eigenvalue weighted by molar-refractivity contribution is 5.92. The molecule has 0 aliphatic rings. The number of aliphatic hydroxyl groups excluding tert-OH is 1. The number of nitrogens with two attached hydrogens (primary N) is 1. The van der Waals surface area contributed by atoms with Crippen LogP contribution in [-0.4, -0.2) is 80.9 Å². The molecule has 0 spiro atoms. The molecule has 13 nitrogen and oxygen atoms in total. The Labute approximate surface area is 189 Å². The third-order valence-corrected chi connectivity index (χ3v) is 4.53. The van der Waals surface area contributed by atoms with E-state index in [0.29, 0.717) is 5.56 Å². The van der Waals surface area contributed by atoms with E-state index < -0.39 is 66.9 Å². The molecule has 0 bridgehead atoms. The van der Waals surface area contributed by atoms with Crippen LogP contribution in [0.4, 0.5) is 0 Å². The molecule has 0 saturated carbocycles. The molecule has 1 aromatic rings. The second-order valence-corrected chi connectivity index (χ2v) is 7.31. The molecule has 4 atom stereocenters. The number of hydrogen-bond donors (Lipinski definition) is 8. The summed E-state index contributed by atoms with van der Waals surface area (Å²) in [5.74, 6) is -5.21. The number of aliphatic hydroxyl groups is 1. The molecule has 0 radical (unpaired) electrons. The molecule has 0 aliphatic heterocycles. The van der Waals surface area contributed by atoms with Gasteiger partial charge in [0, 0.05) is 12.8 Å². The van der Waals surface area contributed by atoms with Gasteiger partial charge in [0.25, 0.3) is 0 Å². The number of rotatable bonds is 13. The molecule has 13 heteroatoms. The second-order valence-electron chi connectivity index (χ2n) is 7.31. The number of hydrogen-bond acceptors (Lipinski definition) is 8. The predicted octanol–water partition coefficient (Wildman–Crippen LogP) is -2.32. The first kappa shape index (κ1) is 27.3. The summed E-state index contributed by atoms with van der Waals surface area (Å²) in [6, 6.07) is 1.59. The molecule has 0 aromatic heterocycles. The Hall–Kier alpha value is -3.71. The third kappa shape index (κ3) is 9.97. The SMILES string of the molecule is CC(O)C(N)C(=O)NCC(=O)NC(CCC(=O)O)C(=O)NC(Cc1ccc(O)cc1)C(=O)O. The van der Waals surface area contributed by atoms with E-state index in [1.165, 1.54) is 31.2 Å². The van der Waals surface area contributed by atoms with Crippen LogP contribution in [0.1, 0.15) is 25.3 Å². The number of amides is 3. The number of phenols is 1. The first-order valence-electron chi connectivity index (χ1n) is 9.94. The number of aliphatic carboxylic acids is 2. The molecule has 0 aliphatic carbocycles. The average Bonchev–Trinajstić information content (AvgIpc) is 2.74. The number of aromatic hydroxyl groups is 1. The maximum Gasteiger partial charge on any atom is 0.326 e. The summed E-state index contributed by atoms with van der Waals surface area (Å²) in [7, 11) is 0. The van der Waals surface area contributed by atoms with Crippen LogP contribution >= 0.6 is 0 Å². The quantitative estimate of drug-likeness (QED) is 0.154. The molecule has 4 unspecified atom stereocenters. The molecule has 182 valence electrons. The Morgan fingerprint density at radius 1 is 0.970 bits per heavy atom. The van der Waals surface area contributed by atoms with Crippen molar-refractivity contribution in [3.63, 3.8) is 0 Å². The maximum absolute atomic E-state index is 12.6. The normalized spacial score (nSPS) is 14.3. The number of nitrogens with one attached hydrogen (secondary N) is 3. The van der Waals surface area contributed by atoms with Gasteiger partial charge in [0.15, 0.2) is 0 Å². The fraction of sp³-hybridized carbons (Fsp3) is 0.450. The molecule has 1 aromatic carbocycles. The number of carbonyl (C=O) groups excluding carboxylic acids is 3. The van der Waals surface area contributed by atoms with Gasteiger partial charge in [0.05, 0.1) is 12.6 Å². The second kappa shape index (κ2) is 13.0. The van der Waals surface area contributed by atoms with E-state index in [0.717, 1.165) is 0 Å². The summed E-state index contributed by atoms with van der Waals surface area (Å²) >= 11 is 0. The molecule has 0 saturated heterocycles. The van der Waals surface area contributed by atoms with Gasteiger partial charge >= 0.3 is 11.9 Å². The van der Waals surface area contributed by atoms with E-state index in [1.54, 1.807) is 0 Å². The van der Waals surface area contributed by atoms with Crippen molar-refractivity contribution in [1.82, 2.24) is 16.0 Å². The minimum Gasteiger partial charge on any atom is -0.508 e. The summed E-state index contributed by atoms with van der Waals surface area (Å²) in [6.45, 7) is 0.680. The van der Waals surface area contributed by atoms with Crippen molar-refractivity contribution in [2.75, 3.05) is 6.54 Å². The van der Waals surface area contributed by atoms with Gasteiger partial charge in [0.1, 0.15) is 23.9 Å². The minimum atomic E-state index is -1.39. The Morgan fingerprint density at radius 3 is 2.09 bits per heavy atom. The van der Waals surface area contributed by atoms with Gasteiger partial charge in [0.2, 0.25) is 17.7 Å². The fourth-order valence-electron chi connectivity index (χ4n) is 2.63. The molecule has 9 N–H and O–H groups in total. The minimum absolute atomic E-state index is 0.0207. The van der Waals surface area contributed by atoms with Gasteiger partial charge in [-0.2, -0.15) is 0 Å². The van der Waals surface area contributed by atoms with Crippen LogP contribution in [0, 0.1) is 0 Å². The average molecular weight is 468 g/mol. The third-order valence-electron chi connectivity index (χ3n) is 4.53. The van der Waals surface area contributed by atoms with Crippen LogP contribution in [0.5, 0.6) is 5.75 Å². The highest BCUT2D eigenvalue weighted by atomic mass is 16.4. The Bertz CT molecular complexity index is 858. The van der Waals surface area contributed by atoms with E-state index in [9.17, 15) is 39.3 Å². The molecular formula is C20H28N4O9. The van der Waals surface area contributed by atoms with Crippen molar-refractivity contribution in [3.8, 4) is 5.75 Å². The van der Waals surface area contributed by atoms with E-state index in [2.05, 4.69) is 16.0 Å². The van der Waals surface area contributed by atoms with Crippen LogP contribution in [0.25, 0.3) is 0 Å². The molecule has 33 heavy (non-hydrogen) atoms. The van der Waals surface area contributed by atoms with E-state index in [1.807, 2.05) is 0 Å². The lowest BCUT2D eigenvalue weighted by molar-refractivity contribution is -0.143. The Balaban J connectivity index is 2.81. The smallest absolute Gasteiger partial charge is 0.326 e. The zero-order valence-corrected chi connectivity index (χ0v) is 17.9. The first-order chi connectivity index (χ1) is 15.4.